The number of halogens is 1. The predicted octanol–water partition coefficient (Wildman–Crippen LogP) is 3.29. The lowest BCUT2D eigenvalue weighted by Crippen LogP contribution is -2.36. The molecule has 114 valence electrons. The number of nitrogens with zero attached hydrogens (tertiary/aromatic N) is 1. The topological polar surface area (TPSA) is 29.3 Å². The normalized spacial score (nSPS) is 15.8. The van der Waals surface area contributed by atoms with Gasteiger partial charge in [-0.25, -0.2) is 4.39 Å². The first-order valence-electron chi connectivity index (χ1n) is 7.96. The summed E-state index contributed by atoms with van der Waals surface area (Å²) in [5.74, 6) is 5.28. The summed E-state index contributed by atoms with van der Waals surface area (Å²) in [7, 11) is 0. The molecule has 1 aliphatic rings. The molecule has 0 radical (unpaired) electrons. The van der Waals surface area contributed by atoms with E-state index in [0.29, 0.717) is 11.6 Å². The molecule has 3 heteroatoms. The van der Waals surface area contributed by atoms with E-state index in [4.69, 9.17) is 5.73 Å². The Morgan fingerprint density at radius 1 is 1.29 bits per heavy atom. The van der Waals surface area contributed by atoms with Crippen LogP contribution in [0.5, 0.6) is 0 Å². The minimum atomic E-state index is -0.264. The zero-order valence-electron chi connectivity index (χ0n) is 12.9. The molecule has 1 aromatic rings. The Bertz CT molecular complexity index is 510. The number of benzene rings is 1. The second-order valence-corrected chi connectivity index (χ2v) is 5.68. The molecule has 0 aromatic heterocycles. The minimum Gasteiger partial charge on any atom is -0.320 e. The van der Waals surface area contributed by atoms with Gasteiger partial charge in [0.2, 0.25) is 0 Å². The zero-order valence-corrected chi connectivity index (χ0v) is 12.9. The predicted molar refractivity (Wildman–Crippen MR) is 85.3 cm³/mol. The molecule has 0 amide bonds. The molecule has 0 atom stereocenters. The van der Waals surface area contributed by atoms with E-state index < -0.39 is 0 Å². The van der Waals surface area contributed by atoms with Crippen LogP contribution in [0.15, 0.2) is 18.2 Å². The van der Waals surface area contributed by atoms with Gasteiger partial charge in [0.05, 0.1) is 12.1 Å². The van der Waals surface area contributed by atoms with E-state index in [2.05, 4.69) is 23.7 Å². The van der Waals surface area contributed by atoms with Gasteiger partial charge in [0, 0.05) is 12.6 Å². The molecule has 0 unspecified atom stereocenters. The van der Waals surface area contributed by atoms with Gasteiger partial charge in [0.25, 0.3) is 0 Å². The molecule has 1 fully saturated rings. The van der Waals surface area contributed by atoms with Crippen LogP contribution >= 0.6 is 0 Å². The van der Waals surface area contributed by atoms with E-state index in [1.807, 2.05) is 12.1 Å². The van der Waals surface area contributed by atoms with Crippen molar-refractivity contribution in [2.24, 2.45) is 5.73 Å². The molecule has 1 aliphatic carbocycles. The second-order valence-electron chi connectivity index (χ2n) is 5.68. The summed E-state index contributed by atoms with van der Waals surface area (Å²) in [5, 5.41) is 0. The Morgan fingerprint density at radius 3 is 2.71 bits per heavy atom. The molecule has 0 heterocycles. The maximum Gasteiger partial charge on any atom is 0.138 e. The summed E-state index contributed by atoms with van der Waals surface area (Å²) in [5.41, 5.74) is 6.95. The van der Waals surface area contributed by atoms with E-state index in [-0.39, 0.29) is 12.4 Å². The third-order valence-electron chi connectivity index (χ3n) is 4.24. The Labute approximate surface area is 127 Å². The molecule has 2 rings (SSSR count). The first-order chi connectivity index (χ1) is 10.2. The van der Waals surface area contributed by atoms with Crippen molar-refractivity contribution in [2.75, 3.05) is 13.1 Å². The molecule has 1 aromatic carbocycles. The van der Waals surface area contributed by atoms with Crippen LogP contribution in [0.2, 0.25) is 0 Å². The molecular formula is C18H25FN2. The highest BCUT2D eigenvalue weighted by Crippen LogP contribution is 2.24. The Morgan fingerprint density at radius 2 is 2.05 bits per heavy atom. The standard InChI is InChI=1S/C18H25FN2/c1-2-21(17-8-4-3-5-9-17)14-15-10-11-18(19)16(13-15)7-6-12-20/h10-11,13,17H,2-5,8-9,12,14,20H2,1H3. The lowest BCUT2D eigenvalue weighted by molar-refractivity contribution is 0.156. The summed E-state index contributed by atoms with van der Waals surface area (Å²) in [6.45, 7) is 4.37. The van der Waals surface area contributed by atoms with Gasteiger partial charge in [-0.05, 0) is 37.1 Å². The van der Waals surface area contributed by atoms with Crippen molar-refractivity contribution >= 4 is 0 Å². The Kier molecular flexibility index (Phi) is 6.22. The third kappa shape index (κ3) is 4.56. The fourth-order valence-electron chi connectivity index (χ4n) is 3.09. The molecule has 0 aliphatic heterocycles. The Hall–Kier alpha value is -1.37. The lowest BCUT2D eigenvalue weighted by Gasteiger charge is -2.33. The van der Waals surface area contributed by atoms with Crippen molar-refractivity contribution in [3.63, 3.8) is 0 Å². The van der Waals surface area contributed by atoms with Gasteiger partial charge in [0.15, 0.2) is 0 Å². The average Bonchev–Trinajstić information content (AvgIpc) is 2.53. The quantitative estimate of drug-likeness (QED) is 0.861. The van der Waals surface area contributed by atoms with Crippen LogP contribution in [0.3, 0.4) is 0 Å². The molecular weight excluding hydrogens is 263 g/mol. The lowest BCUT2D eigenvalue weighted by atomic mass is 9.94. The van der Waals surface area contributed by atoms with E-state index in [1.165, 1.54) is 38.2 Å². The Balaban J connectivity index is 2.09. The largest absolute Gasteiger partial charge is 0.320 e. The smallest absolute Gasteiger partial charge is 0.138 e. The monoisotopic (exact) mass is 288 g/mol. The highest BCUT2D eigenvalue weighted by Gasteiger charge is 2.20. The molecule has 2 N–H and O–H groups in total. The van der Waals surface area contributed by atoms with Crippen molar-refractivity contribution in [1.29, 1.82) is 0 Å². The van der Waals surface area contributed by atoms with E-state index >= 15 is 0 Å². The molecule has 0 spiro atoms. The van der Waals surface area contributed by atoms with Crippen LogP contribution in [0.25, 0.3) is 0 Å². The first kappa shape index (κ1) is 16.0. The van der Waals surface area contributed by atoms with Gasteiger partial charge < -0.3 is 5.73 Å². The number of hydrogen-bond donors (Lipinski definition) is 1. The van der Waals surface area contributed by atoms with Crippen LogP contribution in [0.4, 0.5) is 4.39 Å². The van der Waals surface area contributed by atoms with Crippen molar-refractivity contribution < 1.29 is 4.39 Å². The van der Waals surface area contributed by atoms with E-state index in [1.54, 1.807) is 0 Å². The maximum atomic E-state index is 13.7. The van der Waals surface area contributed by atoms with Crippen molar-refractivity contribution in [1.82, 2.24) is 4.90 Å². The minimum absolute atomic E-state index is 0.257. The van der Waals surface area contributed by atoms with Crippen molar-refractivity contribution in [3.05, 3.63) is 35.1 Å². The summed E-state index contributed by atoms with van der Waals surface area (Å²) in [6.07, 6.45) is 6.60. The van der Waals surface area contributed by atoms with E-state index in [0.717, 1.165) is 18.7 Å². The summed E-state index contributed by atoms with van der Waals surface area (Å²) >= 11 is 0. The molecule has 0 saturated heterocycles. The summed E-state index contributed by atoms with van der Waals surface area (Å²) in [6, 6.07) is 5.93. The van der Waals surface area contributed by atoms with Crippen LogP contribution in [-0.2, 0) is 6.54 Å². The fourth-order valence-corrected chi connectivity index (χ4v) is 3.09. The highest BCUT2D eigenvalue weighted by molar-refractivity contribution is 5.38. The second kappa shape index (κ2) is 8.17. The molecule has 0 bridgehead atoms. The molecule has 2 nitrogen and oxygen atoms in total. The third-order valence-corrected chi connectivity index (χ3v) is 4.24. The van der Waals surface area contributed by atoms with Crippen LogP contribution in [-0.4, -0.2) is 24.0 Å². The van der Waals surface area contributed by atoms with Gasteiger partial charge in [-0.15, -0.1) is 0 Å². The van der Waals surface area contributed by atoms with Gasteiger partial charge in [-0.2, -0.15) is 0 Å². The first-order valence-corrected chi connectivity index (χ1v) is 7.96. The number of hydrogen-bond acceptors (Lipinski definition) is 2. The maximum absolute atomic E-state index is 13.7. The van der Waals surface area contributed by atoms with Crippen LogP contribution in [0, 0.1) is 17.7 Å². The van der Waals surface area contributed by atoms with Crippen molar-refractivity contribution in [2.45, 2.75) is 51.6 Å². The van der Waals surface area contributed by atoms with Gasteiger partial charge >= 0.3 is 0 Å². The van der Waals surface area contributed by atoms with Crippen molar-refractivity contribution in [3.8, 4) is 11.8 Å². The van der Waals surface area contributed by atoms with Crippen LogP contribution in [0.1, 0.15) is 50.2 Å². The highest BCUT2D eigenvalue weighted by atomic mass is 19.1. The average molecular weight is 288 g/mol. The van der Waals surface area contributed by atoms with Gasteiger partial charge in [-0.3, -0.25) is 4.90 Å². The van der Waals surface area contributed by atoms with Gasteiger partial charge in [-0.1, -0.05) is 44.1 Å². The van der Waals surface area contributed by atoms with E-state index in [9.17, 15) is 4.39 Å². The summed E-state index contributed by atoms with van der Waals surface area (Å²) in [4.78, 5) is 2.51. The van der Waals surface area contributed by atoms with Crippen LogP contribution < -0.4 is 5.73 Å². The molecule has 1 saturated carbocycles. The number of rotatable bonds is 4. The fraction of sp³-hybridized carbons (Fsp3) is 0.556. The zero-order chi connectivity index (χ0) is 15.1. The number of nitrogens with two attached hydrogens (primary N) is 1. The van der Waals surface area contributed by atoms with Gasteiger partial charge in [0.1, 0.15) is 5.82 Å². The summed E-state index contributed by atoms with van der Waals surface area (Å²) < 4.78 is 13.7. The SMILES string of the molecule is CCN(Cc1ccc(F)c(C#CCN)c1)C1CCCCC1. The molecule has 21 heavy (non-hydrogen) atoms.